The smallest absolute Gasteiger partial charge is 0.229 e. The molecule has 3 nitrogen and oxygen atoms in total. The second-order valence-corrected chi connectivity index (χ2v) is 5.30. The number of aromatic nitrogens is 1. The highest BCUT2D eigenvalue weighted by Crippen LogP contribution is 2.13. The van der Waals surface area contributed by atoms with E-state index in [0.717, 1.165) is 5.56 Å². The zero-order valence-corrected chi connectivity index (χ0v) is 12.5. The molecule has 0 fully saturated rings. The van der Waals surface area contributed by atoms with E-state index >= 15 is 0 Å². The van der Waals surface area contributed by atoms with Crippen LogP contribution in [0.3, 0.4) is 0 Å². The molecule has 0 aliphatic heterocycles. The first-order valence-corrected chi connectivity index (χ1v) is 6.82. The molecule has 1 N–H and O–H groups in total. The van der Waals surface area contributed by atoms with Gasteiger partial charge in [-0.1, -0.05) is 24.3 Å². The van der Waals surface area contributed by atoms with Crippen molar-refractivity contribution in [2.24, 2.45) is 0 Å². The van der Waals surface area contributed by atoms with Crippen molar-refractivity contribution < 1.29 is 4.79 Å². The average molecular weight is 319 g/mol. The van der Waals surface area contributed by atoms with Gasteiger partial charge in [0.25, 0.3) is 0 Å². The van der Waals surface area contributed by atoms with Gasteiger partial charge in [-0.2, -0.15) is 0 Å². The quantitative estimate of drug-likeness (QED) is 0.878. The lowest BCUT2D eigenvalue weighted by molar-refractivity contribution is -0.115. The van der Waals surface area contributed by atoms with E-state index in [2.05, 4.69) is 33.2 Å². The number of anilines is 1. The molecule has 19 heavy (non-hydrogen) atoms. The van der Waals surface area contributed by atoms with Crippen LogP contribution in [-0.2, 0) is 11.2 Å². The molecule has 1 amide bonds. The number of hydrogen-bond acceptors (Lipinski definition) is 2. The van der Waals surface area contributed by atoms with Crippen molar-refractivity contribution in [2.75, 3.05) is 5.32 Å². The summed E-state index contributed by atoms with van der Waals surface area (Å²) in [7, 11) is 0. The minimum atomic E-state index is -0.0612. The zero-order chi connectivity index (χ0) is 13.8. The van der Waals surface area contributed by atoms with Crippen LogP contribution in [0.2, 0.25) is 0 Å². The van der Waals surface area contributed by atoms with Gasteiger partial charge in [0.05, 0.1) is 6.42 Å². The minimum absolute atomic E-state index is 0.0612. The second kappa shape index (κ2) is 5.97. The predicted octanol–water partition coefficient (Wildman–Crippen LogP) is 3.64. The van der Waals surface area contributed by atoms with Crippen LogP contribution >= 0.6 is 15.9 Å². The maximum Gasteiger partial charge on any atom is 0.229 e. The molecule has 0 radical (unpaired) electrons. The van der Waals surface area contributed by atoms with E-state index in [0.29, 0.717) is 16.8 Å². The normalized spacial score (nSPS) is 10.3. The van der Waals surface area contributed by atoms with Gasteiger partial charge in [0, 0.05) is 0 Å². The van der Waals surface area contributed by atoms with Crippen LogP contribution in [0, 0.1) is 13.8 Å². The maximum absolute atomic E-state index is 11.9. The van der Waals surface area contributed by atoms with Crippen LogP contribution in [0.5, 0.6) is 0 Å². The molecule has 0 saturated heterocycles. The lowest BCUT2D eigenvalue weighted by Gasteiger charge is -2.06. The topological polar surface area (TPSA) is 42.0 Å². The van der Waals surface area contributed by atoms with Crippen LogP contribution in [-0.4, -0.2) is 10.9 Å². The van der Waals surface area contributed by atoms with Gasteiger partial charge in [0.15, 0.2) is 0 Å². The zero-order valence-electron chi connectivity index (χ0n) is 10.9. The molecule has 2 aromatic rings. The summed E-state index contributed by atoms with van der Waals surface area (Å²) >= 11 is 3.27. The van der Waals surface area contributed by atoms with E-state index in [1.807, 2.05) is 37.3 Å². The lowest BCUT2D eigenvalue weighted by atomic mass is 10.0. The third-order valence-corrected chi connectivity index (χ3v) is 3.36. The van der Waals surface area contributed by atoms with E-state index < -0.39 is 0 Å². The number of amides is 1. The third kappa shape index (κ3) is 3.89. The molecule has 2 rings (SSSR count). The Balaban J connectivity index is 2.03. The van der Waals surface area contributed by atoms with Crippen molar-refractivity contribution in [3.05, 3.63) is 57.7 Å². The highest BCUT2D eigenvalue weighted by Gasteiger charge is 2.06. The third-order valence-electron chi connectivity index (χ3n) is 2.92. The summed E-state index contributed by atoms with van der Waals surface area (Å²) in [6, 6.07) is 11.5. The number of hydrogen-bond donors (Lipinski definition) is 1. The average Bonchev–Trinajstić information content (AvgIpc) is 2.34. The predicted molar refractivity (Wildman–Crippen MR) is 80.2 cm³/mol. The number of aryl methyl sites for hydroxylation is 2. The molecule has 1 aromatic heterocycles. The van der Waals surface area contributed by atoms with Crippen LogP contribution in [0.25, 0.3) is 0 Å². The van der Waals surface area contributed by atoms with E-state index in [1.54, 1.807) is 6.07 Å². The van der Waals surface area contributed by atoms with Crippen molar-refractivity contribution >= 4 is 27.7 Å². The number of nitrogens with one attached hydrogen (secondary N) is 1. The molecule has 0 aliphatic carbocycles. The van der Waals surface area contributed by atoms with E-state index in [1.165, 1.54) is 11.1 Å². The number of pyridine rings is 1. The molecule has 1 heterocycles. The van der Waals surface area contributed by atoms with Gasteiger partial charge in [-0.05, 0) is 58.6 Å². The Morgan fingerprint density at radius 1 is 1.21 bits per heavy atom. The highest BCUT2D eigenvalue weighted by molar-refractivity contribution is 9.10. The van der Waals surface area contributed by atoms with Crippen molar-refractivity contribution in [2.45, 2.75) is 20.3 Å². The number of carbonyl (C=O) groups is 1. The Labute approximate surface area is 121 Å². The molecule has 0 saturated carbocycles. The number of nitrogens with zero attached hydrogens (tertiary/aromatic N) is 1. The maximum atomic E-state index is 11.9. The molecule has 4 heteroatoms. The molecule has 0 unspecified atom stereocenters. The van der Waals surface area contributed by atoms with Crippen LogP contribution in [0.15, 0.2) is 41.0 Å². The summed E-state index contributed by atoms with van der Waals surface area (Å²) in [6.45, 7) is 4.11. The van der Waals surface area contributed by atoms with Crippen LogP contribution in [0.4, 0.5) is 5.82 Å². The molecule has 0 spiro atoms. The highest BCUT2D eigenvalue weighted by atomic mass is 79.9. The minimum Gasteiger partial charge on any atom is -0.310 e. The van der Waals surface area contributed by atoms with Crippen LogP contribution < -0.4 is 5.32 Å². The molecule has 0 bridgehead atoms. The monoisotopic (exact) mass is 318 g/mol. The fourth-order valence-corrected chi connectivity index (χ4v) is 2.11. The van der Waals surface area contributed by atoms with Gasteiger partial charge in [-0.15, -0.1) is 0 Å². The van der Waals surface area contributed by atoms with E-state index in [4.69, 9.17) is 0 Å². The summed E-state index contributed by atoms with van der Waals surface area (Å²) in [4.78, 5) is 16.1. The first-order chi connectivity index (χ1) is 9.04. The van der Waals surface area contributed by atoms with Gasteiger partial charge in [-0.25, -0.2) is 4.98 Å². The van der Waals surface area contributed by atoms with Crippen molar-refractivity contribution in [3.63, 3.8) is 0 Å². The Hall–Kier alpha value is -1.68. The van der Waals surface area contributed by atoms with Gasteiger partial charge in [-0.3, -0.25) is 4.79 Å². The lowest BCUT2D eigenvalue weighted by Crippen LogP contribution is -2.15. The summed E-state index contributed by atoms with van der Waals surface area (Å²) in [5.74, 6) is 0.497. The van der Waals surface area contributed by atoms with Gasteiger partial charge >= 0.3 is 0 Å². The molecule has 1 aromatic carbocycles. The number of carbonyl (C=O) groups excluding carboxylic acids is 1. The van der Waals surface area contributed by atoms with E-state index in [-0.39, 0.29) is 5.91 Å². The van der Waals surface area contributed by atoms with Crippen molar-refractivity contribution in [1.82, 2.24) is 4.98 Å². The Kier molecular flexibility index (Phi) is 4.32. The van der Waals surface area contributed by atoms with Gasteiger partial charge in [0.2, 0.25) is 5.91 Å². The number of rotatable bonds is 3. The number of benzene rings is 1. The number of halogens is 1. The second-order valence-electron chi connectivity index (χ2n) is 4.49. The van der Waals surface area contributed by atoms with Crippen molar-refractivity contribution in [1.29, 1.82) is 0 Å². The van der Waals surface area contributed by atoms with Crippen LogP contribution in [0.1, 0.15) is 16.7 Å². The largest absolute Gasteiger partial charge is 0.310 e. The molecular weight excluding hydrogens is 304 g/mol. The van der Waals surface area contributed by atoms with Gasteiger partial charge in [0.1, 0.15) is 10.4 Å². The summed E-state index contributed by atoms with van der Waals surface area (Å²) in [6.07, 6.45) is 0.356. The summed E-state index contributed by atoms with van der Waals surface area (Å²) in [5.41, 5.74) is 3.44. The SMILES string of the molecule is Cc1ccc(CC(=O)Nc2cccc(Br)n2)cc1C. The first kappa shape index (κ1) is 13.7. The molecular formula is C15H15BrN2O. The fraction of sp³-hybridized carbons (Fsp3) is 0.200. The molecule has 98 valence electrons. The Morgan fingerprint density at radius 2 is 2.00 bits per heavy atom. The Bertz CT molecular complexity index is 611. The standard InChI is InChI=1S/C15H15BrN2O/c1-10-6-7-12(8-11(10)2)9-15(19)18-14-5-3-4-13(16)17-14/h3-8H,9H2,1-2H3,(H,17,18,19). The Morgan fingerprint density at radius 3 is 2.68 bits per heavy atom. The fourth-order valence-electron chi connectivity index (χ4n) is 1.76. The molecule has 0 atom stereocenters. The summed E-state index contributed by atoms with van der Waals surface area (Å²) in [5, 5.41) is 2.79. The molecule has 0 aliphatic rings. The summed E-state index contributed by atoms with van der Waals surface area (Å²) < 4.78 is 0.705. The van der Waals surface area contributed by atoms with Crippen molar-refractivity contribution in [3.8, 4) is 0 Å². The van der Waals surface area contributed by atoms with Gasteiger partial charge < -0.3 is 5.32 Å². The first-order valence-electron chi connectivity index (χ1n) is 6.03. The van der Waals surface area contributed by atoms with E-state index in [9.17, 15) is 4.79 Å².